The average molecular weight is 386 g/mol. The number of carbonyl (C=O) groups is 1. The van der Waals surface area contributed by atoms with E-state index in [0.717, 1.165) is 16.3 Å². The number of fused-ring (bicyclic) bond motifs is 1. The molecule has 26 heavy (non-hydrogen) atoms. The number of rotatable bonds is 4. The summed E-state index contributed by atoms with van der Waals surface area (Å²) >= 11 is 7.34. The van der Waals surface area contributed by atoms with Crippen LogP contribution in [-0.2, 0) is 6.54 Å². The second kappa shape index (κ2) is 6.78. The van der Waals surface area contributed by atoms with Crippen LogP contribution in [0.5, 0.6) is 0 Å². The average Bonchev–Trinajstić information content (AvgIpc) is 3.24. The van der Waals surface area contributed by atoms with E-state index in [9.17, 15) is 9.59 Å². The van der Waals surface area contributed by atoms with Gasteiger partial charge in [-0.05, 0) is 30.3 Å². The number of nitrogens with one attached hydrogen (secondary N) is 2. The lowest BCUT2D eigenvalue weighted by Gasteiger charge is -2.03. The van der Waals surface area contributed by atoms with E-state index >= 15 is 0 Å². The largest absolute Gasteiger partial charge is 0.417 e. The Balaban J connectivity index is 1.48. The van der Waals surface area contributed by atoms with Crippen molar-refractivity contribution in [3.05, 3.63) is 74.0 Å². The predicted molar refractivity (Wildman–Crippen MR) is 101 cm³/mol. The van der Waals surface area contributed by atoms with Gasteiger partial charge in [0.15, 0.2) is 5.58 Å². The molecule has 1 amide bonds. The summed E-state index contributed by atoms with van der Waals surface area (Å²) in [5, 5.41) is 6.01. The van der Waals surface area contributed by atoms with Crippen LogP contribution in [0.1, 0.15) is 15.4 Å². The maximum Gasteiger partial charge on any atom is 0.417 e. The minimum absolute atomic E-state index is 0.209. The van der Waals surface area contributed by atoms with Crippen molar-refractivity contribution in [2.45, 2.75) is 6.54 Å². The number of hydrogen-bond donors (Lipinski definition) is 2. The van der Waals surface area contributed by atoms with E-state index < -0.39 is 5.76 Å². The highest BCUT2D eigenvalue weighted by molar-refractivity contribution is 7.09. The Labute approximate surface area is 156 Å². The standard InChI is InChI=1S/C18H12ClN3O3S/c19-12-3-1-2-11(6-12)17(23)20-8-16-21-14(9-26-16)10-4-5-13-15(7-10)25-18(24)22-13/h1-7,9H,8H2,(H,20,23)(H,22,24). The zero-order chi connectivity index (χ0) is 18.1. The first-order valence-electron chi connectivity index (χ1n) is 7.70. The quantitative estimate of drug-likeness (QED) is 0.558. The summed E-state index contributed by atoms with van der Waals surface area (Å²) in [4.78, 5) is 30.5. The first-order valence-corrected chi connectivity index (χ1v) is 8.96. The number of thiazole rings is 1. The maximum atomic E-state index is 12.2. The van der Waals surface area contributed by atoms with Crippen molar-refractivity contribution in [3.8, 4) is 11.3 Å². The maximum absolute atomic E-state index is 12.2. The van der Waals surface area contributed by atoms with Gasteiger partial charge in [-0.2, -0.15) is 0 Å². The second-order valence-corrected chi connectivity index (χ2v) is 6.92. The Hall–Kier alpha value is -2.90. The molecule has 2 N–H and O–H groups in total. The molecule has 0 unspecified atom stereocenters. The van der Waals surface area contributed by atoms with Crippen LogP contribution in [0.3, 0.4) is 0 Å². The molecular formula is C18H12ClN3O3S. The number of aromatic amines is 1. The Bertz CT molecular complexity index is 1160. The number of amides is 1. The third kappa shape index (κ3) is 3.40. The Morgan fingerprint density at radius 2 is 2.15 bits per heavy atom. The minimum atomic E-state index is -0.486. The van der Waals surface area contributed by atoms with Crippen molar-refractivity contribution in [2.75, 3.05) is 0 Å². The first kappa shape index (κ1) is 16.6. The second-order valence-electron chi connectivity index (χ2n) is 5.54. The van der Waals surface area contributed by atoms with E-state index in [1.54, 1.807) is 36.4 Å². The lowest BCUT2D eigenvalue weighted by Crippen LogP contribution is -2.22. The van der Waals surface area contributed by atoms with Crippen LogP contribution in [-0.4, -0.2) is 15.9 Å². The van der Waals surface area contributed by atoms with Gasteiger partial charge in [0.2, 0.25) is 0 Å². The van der Waals surface area contributed by atoms with E-state index in [2.05, 4.69) is 15.3 Å². The molecule has 0 aliphatic carbocycles. The molecule has 0 aliphatic heterocycles. The van der Waals surface area contributed by atoms with Gasteiger partial charge in [0.1, 0.15) is 5.01 Å². The monoisotopic (exact) mass is 385 g/mol. The molecule has 130 valence electrons. The fourth-order valence-corrected chi connectivity index (χ4v) is 3.45. The lowest BCUT2D eigenvalue weighted by atomic mass is 10.1. The van der Waals surface area contributed by atoms with Gasteiger partial charge in [-0.25, -0.2) is 9.78 Å². The van der Waals surface area contributed by atoms with Crippen molar-refractivity contribution >= 4 is 39.9 Å². The van der Waals surface area contributed by atoms with E-state index in [1.807, 2.05) is 11.4 Å². The Morgan fingerprint density at radius 1 is 1.27 bits per heavy atom. The van der Waals surface area contributed by atoms with E-state index in [0.29, 0.717) is 28.2 Å². The van der Waals surface area contributed by atoms with E-state index in [1.165, 1.54) is 11.3 Å². The fourth-order valence-electron chi connectivity index (χ4n) is 2.52. The Kier molecular flexibility index (Phi) is 4.32. The van der Waals surface area contributed by atoms with Crippen LogP contribution in [0, 0.1) is 0 Å². The molecule has 0 spiro atoms. The van der Waals surface area contributed by atoms with Crippen LogP contribution in [0.4, 0.5) is 0 Å². The zero-order valence-electron chi connectivity index (χ0n) is 13.3. The summed E-state index contributed by atoms with van der Waals surface area (Å²) in [5.41, 5.74) is 3.22. The minimum Gasteiger partial charge on any atom is -0.408 e. The topological polar surface area (TPSA) is 88.0 Å². The number of hydrogen-bond acceptors (Lipinski definition) is 5. The molecular weight excluding hydrogens is 374 g/mol. The molecule has 4 aromatic rings. The van der Waals surface area contributed by atoms with Crippen LogP contribution in [0.2, 0.25) is 5.02 Å². The normalized spacial score (nSPS) is 11.0. The summed E-state index contributed by atoms with van der Waals surface area (Å²) in [5.74, 6) is -0.695. The summed E-state index contributed by atoms with van der Waals surface area (Å²) in [6.07, 6.45) is 0. The van der Waals surface area contributed by atoms with E-state index in [-0.39, 0.29) is 5.91 Å². The molecule has 0 saturated carbocycles. The number of H-pyrrole nitrogens is 1. The lowest BCUT2D eigenvalue weighted by molar-refractivity contribution is 0.0951. The van der Waals surface area contributed by atoms with Gasteiger partial charge in [-0.1, -0.05) is 23.7 Å². The summed E-state index contributed by atoms with van der Waals surface area (Å²) in [6, 6.07) is 12.2. The Morgan fingerprint density at radius 3 is 3.00 bits per heavy atom. The molecule has 0 atom stereocenters. The van der Waals surface area contributed by atoms with E-state index in [4.69, 9.17) is 16.0 Å². The van der Waals surface area contributed by atoms with Gasteiger partial charge in [0.05, 0.1) is 17.8 Å². The van der Waals surface area contributed by atoms with Crippen molar-refractivity contribution < 1.29 is 9.21 Å². The van der Waals surface area contributed by atoms with Crippen molar-refractivity contribution in [1.82, 2.24) is 15.3 Å². The van der Waals surface area contributed by atoms with Crippen LogP contribution < -0.4 is 11.1 Å². The van der Waals surface area contributed by atoms with Crippen molar-refractivity contribution in [2.24, 2.45) is 0 Å². The third-order valence-corrected chi connectivity index (χ3v) is 4.84. The van der Waals surface area contributed by atoms with Gasteiger partial charge < -0.3 is 9.73 Å². The number of halogens is 1. The van der Waals surface area contributed by atoms with Gasteiger partial charge in [-0.3, -0.25) is 9.78 Å². The van der Waals surface area contributed by atoms with Gasteiger partial charge in [-0.15, -0.1) is 11.3 Å². The van der Waals surface area contributed by atoms with Crippen LogP contribution >= 0.6 is 22.9 Å². The predicted octanol–water partition coefficient (Wildman–Crippen LogP) is 3.83. The smallest absolute Gasteiger partial charge is 0.408 e. The molecule has 2 aromatic heterocycles. The molecule has 0 aliphatic rings. The molecule has 6 nitrogen and oxygen atoms in total. The zero-order valence-corrected chi connectivity index (χ0v) is 14.9. The summed E-state index contributed by atoms with van der Waals surface area (Å²) in [7, 11) is 0. The molecule has 0 bridgehead atoms. The van der Waals surface area contributed by atoms with Gasteiger partial charge in [0.25, 0.3) is 5.91 Å². The summed E-state index contributed by atoms with van der Waals surface area (Å²) < 4.78 is 5.07. The first-order chi connectivity index (χ1) is 12.6. The van der Waals surface area contributed by atoms with Gasteiger partial charge >= 0.3 is 5.76 Å². The highest BCUT2D eigenvalue weighted by atomic mass is 35.5. The number of nitrogens with zero attached hydrogens (tertiary/aromatic N) is 1. The summed E-state index contributed by atoms with van der Waals surface area (Å²) in [6.45, 7) is 0.317. The molecule has 2 heterocycles. The highest BCUT2D eigenvalue weighted by Crippen LogP contribution is 2.25. The SMILES string of the molecule is O=C(NCc1nc(-c2ccc3[nH]c(=O)oc3c2)cs1)c1cccc(Cl)c1. The molecule has 4 rings (SSSR count). The van der Waals surface area contributed by atoms with Crippen molar-refractivity contribution in [3.63, 3.8) is 0 Å². The number of aromatic nitrogens is 2. The van der Waals surface area contributed by atoms with Crippen LogP contribution in [0.25, 0.3) is 22.4 Å². The van der Waals surface area contributed by atoms with Gasteiger partial charge in [0, 0.05) is 21.5 Å². The number of oxazole rings is 1. The van der Waals surface area contributed by atoms with Crippen LogP contribution in [0.15, 0.2) is 57.1 Å². The number of carbonyl (C=O) groups excluding carboxylic acids is 1. The van der Waals surface area contributed by atoms with Crippen molar-refractivity contribution in [1.29, 1.82) is 0 Å². The molecule has 0 fully saturated rings. The molecule has 8 heteroatoms. The molecule has 2 aromatic carbocycles. The number of benzene rings is 2. The third-order valence-electron chi connectivity index (χ3n) is 3.76. The fraction of sp³-hybridized carbons (Fsp3) is 0.0556. The molecule has 0 saturated heterocycles. The molecule has 0 radical (unpaired) electrons. The highest BCUT2D eigenvalue weighted by Gasteiger charge is 2.10.